The van der Waals surface area contributed by atoms with Crippen LogP contribution in [0.4, 0.5) is 5.69 Å². The van der Waals surface area contributed by atoms with Gasteiger partial charge in [-0.25, -0.2) is 0 Å². The molecule has 6 nitrogen and oxygen atoms in total. The molecule has 1 aliphatic heterocycles. The number of carbonyl (C=O) groups is 2. The quantitative estimate of drug-likeness (QED) is 0.561. The van der Waals surface area contributed by atoms with E-state index in [2.05, 4.69) is 0 Å². The van der Waals surface area contributed by atoms with E-state index in [9.17, 15) is 9.59 Å². The number of hydrogen-bond acceptors (Lipinski definition) is 4. The van der Waals surface area contributed by atoms with Crippen molar-refractivity contribution in [1.82, 2.24) is 4.90 Å². The number of hydrogen-bond donors (Lipinski definition) is 1. The van der Waals surface area contributed by atoms with Gasteiger partial charge in [0, 0.05) is 30.9 Å². The van der Waals surface area contributed by atoms with Gasteiger partial charge in [0.25, 0.3) is 5.91 Å². The normalized spacial score (nSPS) is 15.5. The maximum Gasteiger partial charge on any atom is 0.251 e. The summed E-state index contributed by atoms with van der Waals surface area (Å²) in [5, 5.41) is 0. The number of amides is 2. The van der Waals surface area contributed by atoms with Crippen molar-refractivity contribution in [2.75, 3.05) is 24.5 Å². The molecule has 2 N–H and O–H groups in total. The van der Waals surface area contributed by atoms with Crippen LogP contribution < -0.4 is 15.4 Å². The molecule has 0 aromatic heterocycles. The van der Waals surface area contributed by atoms with E-state index in [1.165, 1.54) is 11.0 Å². The molecule has 0 radical (unpaired) electrons. The summed E-state index contributed by atoms with van der Waals surface area (Å²) >= 11 is 0. The van der Waals surface area contributed by atoms with E-state index >= 15 is 0 Å². The fourth-order valence-electron chi connectivity index (χ4n) is 3.69. The Labute approximate surface area is 193 Å². The van der Waals surface area contributed by atoms with Gasteiger partial charge in [-0.15, -0.1) is 0 Å². The van der Waals surface area contributed by atoms with Crippen LogP contribution in [0.2, 0.25) is 0 Å². The van der Waals surface area contributed by atoms with Crippen molar-refractivity contribution in [3.8, 4) is 11.5 Å². The highest BCUT2D eigenvalue weighted by Gasteiger charge is 2.26. The lowest BCUT2D eigenvalue weighted by molar-refractivity contribution is -0.130. The third-order valence-corrected chi connectivity index (χ3v) is 5.48. The maximum atomic E-state index is 13.1. The topological polar surface area (TPSA) is 75.9 Å². The first-order chi connectivity index (χ1) is 16.1. The van der Waals surface area contributed by atoms with Crippen LogP contribution in [0.25, 0.3) is 6.08 Å². The van der Waals surface area contributed by atoms with Gasteiger partial charge >= 0.3 is 0 Å². The first kappa shape index (κ1) is 22.3. The van der Waals surface area contributed by atoms with Gasteiger partial charge in [-0.05, 0) is 54.5 Å². The summed E-state index contributed by atoms with van der Waals surface area (Å²) < 4.78 is 5.85. The molecular formula is C27H27N3O3. The molecule has 4 rings (SSSR count). The van der Waals surface area contributed by atoms with Crippen LogP contribution in [0.1, 0.15) is 12.0 Å². The third-order valence-electron chi connectivity index (χ3n) is 5.48. The van der Waals surface area contributed by atoms with Crippen LogP contribution in [-0.4, -0.2) is 42.4 Å². The number of benzene rings is 3. The average molecular weight is 442 g/mol. The van der Waals surface area contributed by atoms with Gasteiger partial charge in [-0.2, -0.15) is 0 Å². The summed E-state index contributed by atoms with van der Waals surface area (Å²) in [7, 11) is 0. The van der Waals surface area contributed by atoms with E-state index in [-0.39, 0.29) is 24.4 Å². The lowest BCUT2D eigenvalue weighted by Gasteiger charge is -2.24. The van der Waals surface area contributed by atoms with Crippen molar-refractivity contribution in [2.24, 2.45) is 5.73 Å². The van der Waals surface area contributed by atoms with Crippen LogP contribution in [0.15, 0.2) is 91.0 Å². The van der Waals surface area contributed by atoms with Gasteiger partial charge < -0.3 is 15.4 Å². The highest BCUT2D eigenvalue weighted by Crippen LogP contribution is 2.25. The molecule has 0 saturated carbocycles. The minimum atomic E-state index is -0.271. The molecule has 0 spiro atoms. The average Bonchev–Trinajstić information content (AvgIpc) is 3.29. The predicted octanol–water partition coefficient (Wildman–Crippen LogP) is 4.08. The number of nitrogens with zero attached hydrogens (tertiary/aromatic N) is 2. The van der Waals surface area contributed by atoms with Crippen LogP contribution in [0.5, 0.6) is 11.5 Å². The Morgan fingerprint density at radius 3 is 2.21 bits per heavy atom. The Kier molecular flexibility index (Phi) is 7.17. The van der Waals surface area contributed by atoms with E-state index in [0.717, 1.165) is 17.7 Å². The van der Waals surface area contributed by atoms with Gasteiger partial charge in [0.05, 0.1) is 0 Å². The zero-order chi connectivity index (χ0) is 23.0. The standard InChI is InChI=1S/C27H27N3O3/c28-22-17-18-29(19-22)27(32)20-30(26(31)16-11-21-7-3-1-4-8-21)23-12-14-25(15-13-23)33-24-9-5-2-6-10-24/h1-16,22H,17-20,28H2/t22-/m0/s1. The van der Waals surface area contributed by atoms with Gasteiger partial charge in [0.2, 0.25) is 5.91 Å². The molecule has 1 fully saturated rings. The van der Waals surface area contributed by atoms with Crippen LogP contribution in [-0.2, 0) is 9.59 Å². The highest BCUT2D eigenvalue weighted by molar-refractivity contribution is 6.06. The molecular weight excluding hydrogens is 414 g/mol. The third kappa shape index (κ3) is 6.08. The number of ether oxygens (including phenoxy) is 1. The van der Waals surface area contributed by atoms with Crippen molar-refractivity contribution in [2.45, 2.75) is 12.5 Å². The number of anilines is 1. The number of likely N-dealkylation sites (tertiary alicyclic amines) is 1. The van der Waals surface area contributed by atoms with Crippen molar-refractivity contribution < 1.29 is 14.3 Å². The summed E-state index contributed by atoms with van der Waals surface area (Å²) in [5.74, 6) is 0.986. The number of para-hydroxylation sites is 1. The van der Waals surface area contributed by atoms with E-state index in [1.807, 2.05) is 60.7 Å². The minimum absolute atomic E-state index is 0.00880. The van der Waals surface area contributed by atoms with E-state index in [4.69, 9.17) is 10.5 Å². The Morgan fingerprint density at radius 2 is 1.58 bits per heavy atom. The molecule has 6 heteroatoms. The van der Waals surface area contributed by atoms with Crippen molar-refractivity contribution in [3.63, 3.8) is 0 Å². The summed E-state index contributed by atoms with van der Waals surface area (Å²) in [6.07, 6.45) is 4.02. The first-order valence-corrected chi connectivity index (χ1v) is 11.0. The fourth-order valence-corrected chi connectivity index (χ4v) is 3.69. The molecule has 1 saturated heterocycles. The monoisotopic (exact) mass is 441 g/mol. The second-order valence-corrected chi connectivity index (χ2v) is 7.97. The molecule has 1 atom stereocenters. The molecule has 2 amide bonds. The SMILES string of the molecule is N[C@H]1CCN(C(=O)CN(C(=O)C=Cc2ccccc2)c2ccc(Oc3ccccc3)cc2)C1. The Morgan fingerprint density at radius 1 is 0.939 bits per heavy atom. The summed E-state index contributed by atoms with van der Waals surface area (Å²) in [6.45, 7) is 1.08. The number of rotatable bonds is 7. The fraction of sp³-hybridized carbons (Fsp3) is 0.185. The van der Waals surface area contributed by atoms with Crippen molar-refractivity contribution in [3.05, 3.63) is 96.6 Å². The molecule has 3 aromatic carbocycles. The molecule has 0 bridgehead atoms. The van der Waals surface area contributed by atoms with Gasteiger partial charge in [-0.3, -0.25) is 14.5 Å². The van der Waals surface area contributed by atoms with Crippen LogP contribution >= 0.6 is 0 Å². The van der Waals surface area contributed by atoms with Crippen molar-refractivity contribution in [1.29, 1.82) is 0 Å². The largest absolute Gasteiger partial charge is 0.457 e. The second-order valence-electron chi connectivity index (χ2n) is 7.97. The lowest BCUT2D eigenvalue weighted by Crippen LogP contribution is -2.42. The van der Waals surface area contributed by atoms with Crippen LogP contribution in [0, 0.1) is 0 Å². The lowest BCUT2D eigenvalue weighted by atomic mass is 10.2. The number of nitrogens with two attached hydrogens (primary N) is 1. The van der Waals surface area contributed by atoms with E-state index in [1.54, 1.807) is 35.2 Å². The van der Waals surface area contributed by atoms with Gasteiger partial charge in [0.15, 0.2) is 0 Å². The molecule has 0 aliphatic carbocycles. The number of carbonyl (C=O) groups excluding carboxylic acids is 2. The smallest absolute Gasteiger partial charge is 0.251 e. The van der Waals surface area contributed by atoms with Gasteiger partial charge in [-0.1, -0.05) is 48.5 Å². The summed E-state index contributed by atoms with van der Waals surface area (Å²) in [6, 6.07) is 26.2. The molecule has 1 heterocycles. The zero-order valence-electron chi connectivity index (χ0n) is 18.3. The second kappa shape index (κ2) is 10.6. The van der Waals surface area contributed by atoms with Crippen LogP contribution in [0.3, 0.4) is 0 Å². The Bertz CT molecular complexity index is 1100. The van der Waals surface area contributed by atoms with Gasteiger partial charge in [0.1, 0.15) is 18.0 Å². The molecule has 1 aliphatic rings. The molecule has 168 valence electrons. The maximum absolute atomic E-state index is 13.1. The molecule has 3 aromatic rings. The Hall–Kier alpha value is -3.90. The summed E-state index contributed by atoms with van der Waals surface area (Å²) in [5.41, 5.74) is 7.49. The minimum Gasteiger partial charge on any atom is -0.457 e. The first-order valence-electron chi connectivity index (χ1n) is 11.0. The zero-order valence-corrected chi connectivity index (χ0v) is 18.3. The summed E-state index contributed by atoms with van der Waals surface area (Å²) in [4.78, 5) is 29.2. The highest BCUT2D eigenvalue weighted by atomic mass is 16.5. The molecule has 33 heavy (non-hydrogen) atoms. The van der Waals surface area contributed by atoms with E-state index in [0.29, 0.717) is 24.5 Å². The van der Waals surface area contributed by atoms with Crippen molar-refractivity contribution >= 4 is 23.6 Å². The predicted molar refractivity (Wildman–Crippen MR) is 130 cm³/mol. The van der Waals surface area contributed by atoms with E-state index < -0.39 is 0 Å². The Balaban J connectivity index is 1.52. The molecule has 0 unspecified atom stereocenters.